The zero-order valence-corrected chi connectivity index (χ0v) is 10.5. The molecule has 1 atom stereocenters. The molecule has 0 aliphatic heterocycles. The topological polar surface area (TPSA) is 77.2 Å². The van der Waals surface area contributed by atoms with Crippen LogP contribution in [-0.4, -0.2) is 10.9 Å². The summed E-state index contributed by atoms with van der Waals surface area (Å²) in [6.45, 7) is 1.88. The van der Waals surface area contributed by atoms with Crippen molar-refractivity contribution in [3.8, 4) is 5.75 Å². The fourth-order valence-corrected chi connectivity index (χ4v) is 1.64. The maximum absolute atomic E-state index is 11.8. The van der Waals surface area contributed by atoms with Crippen LogP contribution in [0.15, 0.2) is 48.7 Å². The molecule has 1 amide bonds. The van der Waals surface area contributed by atoms with Crippen LogP contribution >= 0.6 is 0 Å². The number of nitrogens with zero attached hydrogens (tertiary/aromatic N) is 1. The van der Waals surface area contributed by atoms with Crippen LogP contribution in [-0.2, 0) is 4.79 Å². The summed E-state index contributed by atoms with van der Waals surface area (Å²) < 4.78 is 5.65. The molecule has 5 nitrogen and oxygen atoms in total. The van der Waals surface area contributed by atoms with Gasteiger partial charge in [0.05, 0.1) is 6.20 Å². The van der Waals surface area contributed by atoms with E-state index < -0.39 is 12.0 Å². The summed E-state index contributed by atoms with van der Waals surface area (Å²) in [5.74, 6) is 5.30. The molecule has 0 aliphatic carbocycles. The van der Waals surface area contributed by atoms with Crippen LogP contribution in [0.25, 0.3) is 0 Å². The Labute approximate surface area is 111 Å². The highest BCUT2D eigenvalue weighted by molar-refractivity contribution is 5.81. The van der Waals surface area contributed by atoms with Crippen molar-refractivity contribution < 1.29 is 9.53 Å². The Morgan fingerprint density at radius 2 is 2.00 bits per heavy atom. The number of hydrogen-bond donors (Lipinski definition) is 2. The van der Waals surface area contributed by atoms with E-state index in [9.17, 15) is 4.79 Å². The highest BCUT2D eigenvalue weighted by Gasteiger charge is 2.21. The maximum atomic E-state index is 11.8. The highest BCUT2D eigenvalue weighted by atomic mass is 16.5. The van der Waals surface area contributed by atoms with Gasteiger partial charge in [-0.3, -0.25) is 15.2 Å². The van der Waals surface area contributed by atoms with E-state index in [-0.39, 0.29) is 0 Å². The molecular weight excluding hydrogens is 242 g/mol. The summed E-state index contributed by atoms with van der Waals surface area (Å²) in [6, 6.07) is 12.7. The van der Waals surface area contributed by atoms with Crippen molar-refractivity contribution in [1.82, 2.24) is 10.4 Å². The Kier molecular flexibility index (Phi) is 4.10. The number of aryl methyl sites for hydroxylation is 1. The lowest BCUT2D eigenvalue weighted by atomic mass is 10.1. The molecule has 0 spiro atoms. The van der Waals surface area contributed by atoms with E-state index in [0.29, 0.717) is 5.75 Å². The van der Waals surface area contributed by atoms with Crippen LogP contribution in [0.2, 0.25) is 0 Å². The number of hydrazine groups is 1. The molecule has 0 radical (unpaired) electrons. The number of benzene rings is 1. The molecule has 2 aromatic rings. The number of pyridine rings is 1. The Bertz CT molecular complexity index is 540. The first-order valence-electron chi connectivity index (χ1n) is 5.85. The van der Waals surface area contributed by atoms with Crippen LogP contribution in [0.1, 0.15) is 17.4 Å². The van der Waals surface area contributed by atoms with Gasteiger partial charge in [0.1, 0.15) is 5.75 Å². The predicted molar refractivity (Wildman–Crippen MR) is 71.1 cm³/mol. The summed E-state index contributed by atoms with van der Waals surface area (Å²) >= 11 is 0. The van der Waals surface area contributed by atoms with Gasteiger partial charge in [-0.05, 0) is 19.1 Å². The van der Waals surface area contributed by atoms with Crippen LogP contribution in [0.3, 0.4) is 0 Å². The van der Waals surface area contributed by atoms with Crippen LogP contribution in [0.5, 0.6) is 5.75 Å². The van der Waals surface area contributed by atoms with E-state index in [1.807, 2.05) is 43.3 Å². The number of amides is 1. The molecule has 1 aromatic heterocycles. The molecule has 98 valence electrons. The molecule has 0 fully saturated rings. The molecule has 1 heterocycles. The van der Waals surface area contributed by atoms with Gasteiger partial charge >= 0.3 is 0 Å². The lowest BCUT2D eigenvalue weighted by molar-refractivity contribution is -0.128. The van der Waals surface area contributed by atoms with Crippen molar-refractivity contribution in [3.05, 3.63) is 59.9 Å². The Balaban J connectivity index is 2.24. The van der Waals surface area contributed by atoms with Crippen LogP contribution in [0.4, 0.5) is 0 Å². The number of hydrogen-bond acceptors (Lipinski definition) is 4. The molecule has 0 saturated carbocycles. The SMILES string of the molecule is Cc1ccc(OC(C(=O)NN)c2ccccc2)cn1. The van der Waals surface area contributed by atoms with Gasteiger partial charge in [-0.25, -0.2) is 5.84 Å². The fourth-order valence-electron chi connectivity index (χ4n) is 1.64. The van der Waals surface area contributed by atoms with Crippen molar-refractivity contribution in [1.29, 1.82) is 0 Å². The average Bonchev–Trinajstić information content (AvgIpc) is 2.47. The first kappa shape index (κ1) is 13.0. The molecule has 5 heteroatoms. The van der Waals surface area contributed by atoms with E-state index in [4.69, 9.17) is 10.6 Å². The van der Waals surface area contributed by atoms with Gasteiger partial charge < -0.3 is 4.74 Å². The van der Waals surface area contributed by atoms with Crippen molar-refractivity contribution in [2.24, 2.45) is 5.84 Å². The second-order valence-electron chi connectivity index (χ2n) is 4.05. The van der Waals surface area contributed by atoms with E-state index >= 15 is 0 Å². The van der Waals surface area contributed by atoms with Gasteiger partial charge in [0.25, 0.3) is 5.91 Å². The lowest BCUT2D eigenvalue weighted by Gasteiger charge is -2.17. The third kappa shape index (κ3) is 3.29. The molecule has 0 aliphatic rings. The van der Waals surface area contributed by atoms with Crippen molar-refractivity contribution in [2.45, 2.75) is 13.0 Å². The second kappa shape index (κ2) is 5.97. The summed E-state index contributed by atoms with van der Waals surface area (Å²) in [6.07, 6.45) is 0.783. The summed E-state index contributed by atoms with van der Waals surface area (Å²) in [7, 11) is 0. The largest absolute Gasteiger partial charge is 0.474 e. The minimum Gasteiger partial charge on any atom is -0.474 e. The molecule has 1 unspecified atom stereocenters. The van der Waals surface area contributed by atoms with E-state index in [1.54, 1.807) is 12.3 Å². The quantitative estimate of drug-likeness (QED) is 0.494. The normalized spacial score (nSPS) is 11.7. The molecule has 2 rings (SSSR count). The standard InChI is InChI=1S/C14H15N3O2/c1-10-7-8-12(9-16-10)19-13(14(18)17-15)11-5-3-2-4-6-11/h2-9,13H,15H2,1H3,(H,17,18). The summed E-state index contributed by atoms with van der Waals surface area (Å²) in [4.78, 5) is 15.9. The molecule has 19 heavy (non-hydrogen) atoms. The maximum Gasteiger partial charge on any atom is 0.279 e. The number of carbonyl (C=O) groups excluding carboxylic acids is 1. The monoisotopic (exact) mass is 257 g/mol. The number of carbonyl (C=O) groups is 1. The molecular formula is C14H15N3O2. The third-order valence-corrected chi connectivity index (χ3v) is 2.62. The predicted octanol–water partition coefficient (Wildman–Crippen LogP) is 1.50. The Morgan fingerprint density at radius 3 is 2.58 bits per heavy atom. The van der Waals surface area contributed by atoms with Gasteiger partial charge in [0.2, 0.25) is 6.10 Å². The number of ether oxygens (including phenoxy) is 1. The van der Waals surface area contributed by atoms with Gasteiger partial charge in [0.15, 0.2) is 0 Å². The zero-order chi connectivity index (χ0) is 13.7. The van der Waals surface area contributed by atoms with E-state index in [2.05, 4.69) is 10.4 Å². The molecule has 3 N–H and O–H groups in total. The highest BCUT2D eigenvalue weighted by Crippen LogP contribution is 2.21. The van der Waals surface area contributed by atoms with E-state index in [0.717, 1.165) is 11.3 Å². The second-order valence-corrected chi connectivity index (χ2v) is 4.05. The zero-order valence-electron chi connectivity index (χ0n) is 10.5. The van der Waals surface area contributed by atoms with Crippen molar-refractivity contribution in [2.75, 3.05) is 0 Å². The van der Waals surface area contributed by atoms with Gasteiger partial charge in [-0.2, -0.15) is 0 Å². The minimum atomic E-state index is -0.796. The van der Waals surface area contributed by atoms with E-state index in [1.165, 1.54) is 0 Å². The first-order chi connectivity index (χ1) is 9.20. The smallest absolute Gasteiger partial charge is 0.279 e. The first-order valence-corrected chi connectivity index (χ1v) is 5.85. The number of nitrogens with two attached hydrogens (primary N) is 1. The number of nitrogens with one attached hydrogen (secondary N) is 1. The van der Waals surface area contributed by atoms with Gasteiger partial charge in [-0.15, -0.1) is 0 Å². The minimum absolute atomic E-state index is 0.410. The van der Waals surface area contributed by atoms with Crippen LogP contribution in [0, 0.1) is 6.92 Å². The van der Waals surface area contributed by atoms with Crippen molar-refractivity contribution in [3.63, 3.8) is 0 Å². The number of aromatic nitrogens is 1. The van der Waals surface area contributed by atoms with Gasteiger partial charge in [0, 0.05) is 11.3 Å². The van der Waals surface area contributed by atoms with Gasteiger partial charge in [-0.1, -0.05) is 30.3 Å². The Hall–Kier alpha value is -2.40. The lowest BCUT2D eigenvalue weighted by Crippen LogP contribution is -2.37. The fraction of sp³-hybridized carbons (Fsp3) is 0.143. The molecule has 0 bridgehead atoms. The Morgan fingerprint density at radius 1 is 1.26 bits per heavy atom. The third-order valence-electron chi connectivity index (χ3n) is 2.62. The molecule has 0 saturated heterocycles. The summed E-state index contributed by atoms with van der Waals surface area (Å²) in [5.41, 5.74) is 3.72. The summed E-state index contributed by atoms with van der Waals surface area (Å²) in [5, 5.41) is 0. The van der Waals surface area contributed by atoms with Crippen LogP contribution < -0.4 is 16.0 Å². The van der Waals surface area contributed by atoms with Crippen molar-refractivity contribution >= 4 is 5.91 Å². The average molecular weight is 257 g/mol. The number of rotatable bonds is 4. The molecule has 1 aromatic carbocycles.